The van der Waals surface area contributed by atoms with Crippen LogP contribution < -0.4 is 5.32 Å². The van der Waals surface area contributed by atoms with Crippen molar-refractivity contribution in [2.75, 3.05) is 6.54 Å². The molecule has 0 saturated heterocycles. The van der Waals surface area contributed by atoms with Crippen molar-refractivity contribution in [1.82, 2.24) is 14.9 Å². The molecule has 2 rings (SSSR count). The highest BCUT2D eigenvalue weighted by Crippen LogP contribution is 2.18. The summed E-state index contributed by atoms with van der Waals surface area (Å²) in [5.41, 5.74) is -0.0856. The van der Waals surface area contributed by atoms with Crippen LogP contribution in [0.3, 0.4) is 0 Å². The van der Waals surface area contributed by atoms with Crippen molar-refractivity contribution in [3.8, 4) is 0 Å². The third-order valence-electron chi connectivity index (χ3n) is 3.13. The number of amides is 1. The Hall–Kier alpha value is -1.88. The predicted molar refractivity (Wildman–Crippen MR) is 79.8 cm³/mol. The van der Waals surface area contributed by atoms with Gasteiger partial charge in [-0.2, -0.15) is 0 Å². The maximum Gasteiger partial charge on any atom is 0.255 e. The predicted octanol–water partition coefficient (Wildman–Crippen LogP) is 3.28. The standard InChI is InChI=1S/C15H17ClFN3O/c16-12-5-4-6-13(17)14(12)15(21)19-7-2-1-3-9-20-10-8-18-11-20/h4-6,8,10-11H,1-3,7,9H2,(H,19,21). The minimum atomic E-state index is -0.597. The lowest BCUT2D eigenvalue weighted by atomic mass is 10.2. The molecule has 21 heavy (non-hydrogen) atoms. The summed E-state index contributed by atoms with van der Waals surface area (Å²) in [4.78, 5) is 15.8. The van der Waals surface area contributed by atoms with Gasteiger partial charge in [0.05, 0.1) is 16.9 Å². The van der Waals surface area contributed by atoms with Crippen LogP contribution in [0.1, 0.15) is 29.6 Å². The molecule has 1 N–H and O–H groups in total. The number of halogens is 2. The number of carbonyl (C=O) groups is 1. The Morgan fingerprint density at radius 2 is 2.19 bits per heavy atom. The molecule has 1 aromatic carbocycles. The first-order chi connectivity index (χ1) is 10.2. The van der Waals surface area contributed by atoms with Gasteiger partial charge in [0.2, 0.25) is 0 Å². The van der Waals surface area contributed by atoms with Gasteiger partial charge in [0, 0.05) is 25.5 Å². The van der Waals surface area contributed by atoms with E-state index in [4.69, 9.17) is 11.6 Å². The van der Waals surface area contributed by atoms with Crippen LogP contribution in [0.4, 0.5) is 4.39 Å². The van der Waals surface area contributed by atoms with E-state index in [1.807, 2.05) is 10.8 Å². The van der Waals surface area contributed by atoms with Crippen molar-refractivity contribution in [3.05, 3.63) is 53.3 Å². The van der Waals surface area contributed by atoms with E-state index in [9.17, 15) is 9.18 Å². The number of unbranched alkanes of at least 4 members (excludes halogenated alkanes) is 2. The first-order valence-electron chi connectivity index (χ1n) is 6.86. The van der Waals surface area contributed by atoms with Gasteiger partial charge in [-0.25, -0.2) is 9.37 Å². The van der Waals surface area contributed by atoms with Crippen LogP contribution in [0, 0.1) is 5.82 Å². The quantitative estimate of drug-likeness (QED) is 0.798. The Morgan fingerprint density at radius 3 is 2.90 bits per heavy atom. The summed E-state index contributed by atoms with van der Waals surface area (Å²) in [5.74, 6) is -1.06. The van der Waals surface area contributed by atoms with Crippen LogP contribution in [0.5, 0.6) is 0 Å². The van der Waals surface area contributed by atoms with Crippen LogP contribution in [0.15, 0.2) is 36.9 Å². The van der Waals surface area contributed by atoms with Crippen molar-refractivity contribution >= 4 is 17.5 Å². The van der Waals surface area contributed by atoms with Crippen LogP contribution in [-0.4, -0.2) is 22.0 Å². The first-order valence-corrected chi connectivity index (χ1v) is 7.24. The number of imidazole rings is 1. The van der Waals surface area contributed by atoms with E-state index in [1.54, 1.807) is 12.5 Å². The third kappa shape index (κ3) is 4.56. The van der Waals surface area contributed by atoms with Gasteiger partial charge >= 0.3 is 0 Å². The second-order valence-electron chi connectivity index (χ2n) is 4.71. The second kappa shape index (κ2) is 7.78. The maximum atomic E-state index is 13.5. The van der Waals surface area contributed by atoms with E-state index < -0.39 is 11.7 Å². The summed E-state index contributed by atoms with van der Waals surface area (Å²) in [6.45, 7) is 1.42. The highest BCUT2D eigenvalue weighted by atomic mass is 35.5. The van der Waals surface area contributed by atoms with Gasteiger partial charge in [0.15, 0.2) is 0 Å². The summed E-state index contributed by atoms with van der Waals surface area (Å²) in [5, 5.41) is 2.82. The molecule has 1 heterocycles. The van der Waals surface area contributed by atoms with Gasteiger partial charge in [-0.05, 0) is 31.4 Å². The van der Waals surface area contributed by atoms with Gasteiger partial charge < -0.3 is 9.88 Å². The SMILES string of the molecule is O=C(NCCCCCn1ccnc1)c1c(F)cccc1Cl. The van der Waals surface area contributed by atoms with Crippen molar-refractivity contribution in [2.45, 2.75) is 25.8 Å². The average molecular weight is 310 g/mol. The summed E-state index contributed by atoms with van der Waals surface area (Å²) < 4.78 is 15.5. The molecule has 0 aliphatic heterocycles. The normalized spacial score (nSPS) is 10.6. The molecule has 0 saturated carbocycles. The van der Waals surface area contributed by atoms with E-state index in [0.717, 1.165) is 25.8 Å². The van der Waals surface area contributed by atoms with Gasteiger partial charge in [-0.1, -0.05) is 17.7 Å². The number of aromatic nitrogens is 2. The van der Waals surface area contributed by atoms with E-state index in [1.165, 1.54) is 18.2 Å². The Labute approximate surface area is 127 Å². The molecule has 0 bridgehead atoms. The monoisotopic (exact) mass is 309 g/mol. The number of carbonyl (C=O) groups excluding carboxylic acids is 1. The molecule has 0 fully saturated rings. The number of nitrogens with one attached hydrogen (secondary N) is 1. The van der Waals surface area contributed by atoms with Crippen LogP contribution in [-0.2, 0) is 6.54 Å². The third-order valence-corrected chi connectivity index (χ3v) is 3.44. The smallest absolute Gasteiger partial charge is 0.255 e. The largest absolute Gasteiger partial charge is 0.352 e. The lowest BCUT2D eigenvalue weighted by Crippen LogP contribution is -2.25. The lowest BCUT2D eigenvalue weighted by Gasteiger charge is -2.07. The molecule has 0 radical (unpaired) electrons. The molecular weight excluding hydrogens is 293 g/mol. The average Bonchev–Trinajstić information content (AvgIpc) is 2.95. The minimum absolute atomic E-state index is 0.0856. The molecular formula is C15H17ClFN3O. The zero-order valence-corrected chi connectivity index (χ0v) is 12.3. The number of hydrogen-bond acceptors (Lipinski definition) is 2. The number of benzene rings is 1. The van der Waals surface area contributed by atoms with E-state index >= 15 is 0 Å². The molecule has 4 nitrogen and oxygen atoms in total. The number of rotatable bonds is 7. The fourth-order valence-electron chi connectivity index (χ4n) is 2.02. The Morgan fingerprint density at radius 1 is 1.33 bits per heavy atom. The molecule has 1 amide bonds. The first kappa shape index (κ1) is 15.5. The number of hydrogen-bond donors (Lipinski definition) is 1. The Bertz CT molecular complexity index is 566. The zero-order valence-electron chi connectivity index (χ0n) is 11.6. The van der Waals surface area contributed by atoms with Crippen LogP contribution in [0.2, 0.25) is 5.02 Å². The molecule has 0 unspecified atom stereocenters. The topological polar surface area (TPSA) is 46.9 Å². The highest BCUT2D eigenvalue weighted by molar-refractivity contribution is 6.33. The lowest BCUT2D eigenvalue weighted by molar-refractivity contribution is 0.0949. The zero-order chi connectivity index (χ0) is 15.1. The molecule has 0 spiro atoms. The molecule has 6 heteroatoms. The molecule has 1 aromatic heterocycles. The van der Waals surface area contributed by atoms with Gasteiger partial charge in [-0.15, -0.1) is 0 Å². The molecule has 112 valence electrons. The van der Waals surface area contributed by atoms with E-state index in [-0.39, 0.29) is 10.6 Å². The summed E-state index contributed by atoms with van der Waals surface area (Å²) in [6.07, 6.45) is 8.27. The number of aryl methyl sites for hydroxylation is 1. The molecule has 2 aromatic rings. The van der Waals surface area contributed by atoms with Crippen molar-refractivity contribution in [3.63, 3.8) is 0 Å². The summed E-state index contributed by atoms with van der Waals surface area (Å²) in [6, 6.07) is 4.21. The summed E-state index contributed by atoms with van der Waals surface area (Å²) >= 11 is 5.83. The van der Waals surface area contributed by atoms with Crippen LogP contribution >= 0.6 is 11.6 Å². The van der Waals surface area contributed by atoms with E-state index in [0.29, 0.717) is 6.54 Å². The fourth-order valence-corrected chi connectivity index (χ4v) is 2.27. The van der Waals surface area contributed by atoms with Crippen LogP contribution in [0.25, 0.3) is 0 Å². The van der Waals surface area contributed by atoms with Crippen molar-refractivity contribution in [1.29, 1.82) is 0 Å². The van der Waals surface area contributed by atoms with E-state index in [2.05, 4.69) is 10.3 Å². The van der Waals surface area contributed by atoms with Gasteiger partial charge in [-0.3, -0.25) is 4.79 Å². The maximum absolute atomic E-state index is 13.5. The Kier molecular flexibility index (Phi) is 5.75. The molecule has 0 atom stereocenters. The fraction of sp³-hybridized carbons (Fsp3) is 0.333. The molecule has 0 aliphatic carbocycles. The second-order valence-corrected chi connectivity index (χ2v) is 5.12. The molecule has 0 aliphatic rings. The van der Waals surface area contributed by atoms with Gasteiger partial charge in [0.1, 0.15) is 5.82 Å². The minimum Gasteiger partial charge on any atom is -0.352 e. The van der Waals surface area contributed by atoms with Crippen molar-refractivity contribution < 1.29 is 9.18 Å². The van der Waals surface area contributed by atoms with Crippen molar-refractivity contribution in [2.24, 2.45) is 0 Å². The highest BCUT2D eigenvalue weighted by Gasteiger charge is 2.14. The van der Waals surface area contributed by atoms with Gasteiger partial charge in [0.25, 0.3) is 5.91 Å². The number of nitrogens with zero attached hydrogens (tertiary/aromatic N) is 2. The summed E-state index contributed by atoms with van der Waals surface area (Å²) in [7, 11) is 0. The Balaban J connectivity index is 1.67.